The molecule has 4 rings (SSSR count). The highest BCUT2D eigenvalue weighted by atomic mass is 32.1. The van der Waals surface area contributed by atoms with Crippen LogP contribution in [0.4, 0.5) is 0 Å². The van der Waals surface area contributed by atoms with Crippen molar-refractivity contribution >= 4 is 21.6 Å². The quantitative estimate of drug-likeness (QED) is 0.578. The largest absolute Gasteiger partial charge is 0.306 e. The molecule has 1 saturated heterocycles. The minimum atomic E-state index is 0.144. The lowest BCUT2D eigenvalue weighted by Crippen LogP contribution is -2.37. The van der Waals surface area contributed by atoms with E-state index in [1.54, 1.807) is 11.3 Å². The maximum Gasteiger partial charge on any atom is 0.263 e. The highest BCUT2D eigenvalue weighted by Crippen LogP contribution is 2.37. The summed E-state index contributed by atoms with van der Waals surface area (Å²) in [5, 5.41) is 0.805. The van der Waals surface area contributed by atoms with Crippen LogP contribution in [-0.2, 0) is 0 Å². The van der Waals surface area contributed by atoms with Gasteiger partial charge in [0.25, 0.3) is 5.56 Å². The molecule has 0 amide bonds. The summed E-state index contributed by atoms with van der Waals surface area (Å²) in [6.07, 6.45) is 2.01. The number of thiophene rings is 1. The van der Waals surface area contributed by atoms with E-state index in [9.17, 15) is 4.79 Å². The molecule has 3 aromatic rings. The van der Waals surface area contributed by atoms with Gasteiger partial charge in [0, 0.05) is 22.4 Å². The number of likely N-dealkylation sites (tertiary alicyclic amines) is 1. The fourth-order valence-corrected chi connectivity index (χ4v) is 5.49. The Morgan fingerprint density at radius 1 is 1.10 bits per heavy atom. The summed E-state index contributed by atoms with van der Waals surface area (Å²) in [5.74, 6) is 1.16. The second-order valence-electron chi connectivity index (χ2n) is 8.85. The van der Waals surface area contributed by atoms with Crippen molar-refractivity contribution in [2.75, 3.05) is 20.1 Å². The van der Waals surface area contributed by atoms with Gasteiger partial charge in [-0.25, -0.2) is 4.98 Å². The predicted molar refractivity (Wildman–Crippen MR) is 123 cm³/mol. The first-order chi connectivity index (χ1) is 13.8. The molecule has 0 spiro atoms. The van der Waals surface area contributed by atoms with Crippen LogP contribution in [0.3, 0.4) is 0 Å². The van der Waals surface area contributed by atoms with E-state index in [0.717, 1.165) is 53.1 Å². The van der Waals surface area contributed by atoms with Crippen molar-refractivity contribution in [3.8, 4) is 11.1 Å². The molecule has 0 atom stereocenters. The van der Waals surface area contributed by atoms with Crippen molar-refractivity contribution in [2.24, 2.45) is 0 Å². The highest BCUT2D eigenvalue weighted by Gasteiger charge is 2.27. The zero-order valence-electron chi connectivity index (χ0n) is 18.4. The molecule has 29 heavy (non-hydrogen) atoms. The van der Waals surface area contributed by atoms with E-state index in [1.807, 2.05) is 4.57 Å². The van der Waals surface area contributed by atoms with E-state index >= 15 is 0 Å². The average Bonchev–Trinajstić information content (AvgIpc) is 3.01. The summed E-state index contributed by atoms with van der Waals surface area (Å²) < 4.78 is 2.04. The second kappa shape index (κ2) is 7.69. The summed E-state index contributed by atoms with van der Waals surface area (Å²) in [7, 11) is 2.16. The minimum absolute atomic E-state index is 0.144. The number of benzene rings is 1. The first kappa shape index (κ1) is 20.3. The number of rotatable bonds is 3. The van der Waals surface area contributed by atoms with E-state index in [2.05, 4.69) is 64.8 Å². The molecule has 0 bridgehead atoms. The lowest BCUT2D eigenvalue weighted by atomic mass is 9.98. The third-order valence-electron chi connectivity index (χ3n) is 6.33. The molecule has 0 unspecified atom stereocenters. The van der Waals surface area contributed by atoms with E-state index in [0.29, 0.717) is 0 Å². The number of fused-ring (bicyclic) bond motifs is 1. The second-order valence-corrected chi connectivity index (χ2v) is 10.0. The van der Waals surface area contributed by atoms with Gasteiger partial charge in [-0.1, -0.05) is 32.0 Å². The highest BCUT2D eigenvalue weighted by molar-refractivity contribution is 7.19. The van der Waals surface area contributed by atoms with Crippen LogP contribution in [0.15, 0.2) is 23.0 Å². The van der Waals surface area contributed by atoms with Crippen molar-refractivity contribution in [2.45, 2.75) is 59.4 Å². The van der Waals surface area contributed by atoms with E-state index in [4.69, 9.17) is 4.98 Å². The Morgan fingerprint density at radius 2 is 1.79 bits per heavy atom. The fourth-order valence-electron chi connectivity index (χ4n) is 4.45. The zero-order valence-corrected chi connectivity index (χ0v) is 19.2. The van der Waals surface area contributed by atoms with Gasteiger partial charge in [-0.3, -0.25) is 9.36 Å². The lowest BCUT2D eigenvalue weighted by Gasteiger charge is -2.32. The molecule has 1 aromatic carbocycles. The van der Waals surface area contributed by atoms with E-state index in [-0.39, 0.29) is 17.5 Å². The maximum absolute atomic E-state index is 13.9. The zero-order chi connectivity index (χ0) is 20.9. The molecule has 154 valence electrons. The molecule has 3 heterocycles. The van der Waals surface area contributed by atoms with Crippen molar-refractivity contribution in [1.82, 2.24) is 14.5 Å². The third kappa shape index (κ3) is 3.55. The van der Waals surface area contributed by atoms with Gasteiger partial charge in [0.2, 0.25) is 0 Å². The standard InChI is InChI=1S/C24H31N3OS/c1-14(2)22-25-23-21(24(28)27(22)19-9-11-26(6)12-10-19)20(17(5)29-23)18-8-7-15(3)16(4)13-18/h7-8,13-14,19H,9-12H2,1-6H3. The van der Waals surface area contributed by atoms with Gasteiger partial charge in [0.15, 0.2) is 0 Å². The summed E-state index contributed by atoms with van der Waals surface area (Å²) in [6.45, 7) is 12.7. The topological polar surface area (TPSA) is 38.1 Å². The maximum atomic E-state index is 13.9. The first-order valence-corrected chi connectivity index (χ1v) is 11.4. The first-order valence-electron chi connectivity index (χ1n) is 10.6. The Morgan fingerprint density at radius 3 is 2.41 bits per heavy atom. The molecular weight excluding hydrogens is 378 g/mol. The van der Waals surface area contributed by atoms with Gasteiger partial charge >= 0.3 is 0 Å². The third-order valence-corrected chi connectivity index (χ3v) is 7.33. The molecule has 5 heteroatoms. The number of aromatic nitrogens is 2. The molecule has 0 aliphatic carbocycles. The minimum Gasteiger partial charge on any atom is -0.306 e. The number of hydrogen-bond donors (Lipinski definition) is 0. The van der Waals surface area contributed by atoms with Gasteiger partial charge in [0.05, 0.1) is 5.39 Å². The molecule has 1 aliphatic rings. The number of nitrogens with zero attached hydrogens (tertiary/aromatic N) is 3. The van der Waals surface area contributed by atoms with Gasteiger partial charge < -0.3 is 4.90 Å². The van der Waals surface area contributed by atoms with Gasteiger partial charge in [-0.05, 0) is 70.4 Å². The summed E-state index contributed by atoms with van der Waals surface area (Å²) in [5.41, 5.74) is 4.87. The smallest absolute Gasteiger partial charge is 0.263 e. The number of aryl methyl sites for hydroxylation is 3. The molecule has 0 N–H and O–H groups in total. The Bertz CT molecular complexity index is 1120. The normalized spacial score (nSPS) is 16.2. The molecule has 1 aliphatic heterocycles. The van der Waals surface area contributed by atoms with E-state index in [1.165, 1.54) is 16.0 Å². The van der Waals surface area contributed by atoms with Crippen LogP contribution in [0.1, 0.15) is 60.5 Å². The summed E-state index contributed by atoms with van der Waals surface area (Å²) in [4.78, 5) is 23.4. The van der Waals surface area contributed by atoms with Crippen LogP contribution >= 0.6 is 11.3 Å². The molecule has 4 nitrogen and oxygen atoms in total. The molecule has 1 fully saturated rings. The summed E-state index contributed by atoms with van der Waals surface area (Å²) >= 11 is 1.65. The van der Waals surface area contributed by atoms with Crippen LogP contribution in [0, 0.1) is 20.8 Å². The molecule has 2 aromatic heterocycles. The van der Waals surface area contributed by atoms with Crippen LogP contribution in [-0.4, -0.2) is 34.6 Å². The van der Waals surface area contributed by atoms with Crippen LogP contribution < -0.4 is 5.56 Å². The number of hydrogen-bond acceptors (Lipinski definition) is 4. The van der Waals surface area contributed by atoms with Crippen molar-refractivity contribution in [3.05, 3.63) is 50.4 Å². The van der Waals surface area contributed by atoms with Crippen molar-refractivity contribution in [3.63, 3.8) is 0 Å². The van der Waals surface area contributed by atoms with Crippen LogP contribution in [0.25, 0.3) is 21.3 Å². The van der Waals surface area contributed by atoms with Gasteiger partial charge in [-0.2, -0.15) is 0 Å². The fraction of sp³-hybridized carbons (Fsp3) is 0.500. The molecular formula is C24H31N3OS. The molecule has 0 saturated carbocycles. The molecule has 0 radical (unpaired) electrons. The lowest BCUT2D eigenvalue weighted by molar-refractivity contribution is 0.215. The van der Waals surface area contributed by atoms with Crippen LogP contribution in [0.2, 0.25) is 0 Å². The van der Waals surface area contributed by atoms with Crippen LogP contribution in [0.5, 0.6) is 0 Å². The Labute approximate surface area is 177 Å². The predicted octanol–water partition coefficient (Wildman–Crippen LogP) is 5.44. The SMILES string of the molecule is Cc1ccc(-c2c(C)sc3nc(C(C)C)n(C4CCN(C)CC4)c(=O)c23)cc1C. The van der Waals surface area contributed by atoms with Gasteiger partial charge in [-0.15, -0.1) is 11.3 Å². The monoisotopic (exact) mass is 409 g/mol. The van der Waals surface area contributed by atoms with Gasteiger partial charge in [0.1, 0.15) is 10.7 Å². The van der Waals surface area contributed by atoms with Crippen molar-refractivity contribution < 1.29 is 0 Å². The average molecular weight is 410 g/mol. The van der Waals surface area contributed by atoms with Crippen molar-refractivity contribution in [1.29, 1.82) is 0 Å². The Balaban J connectivity index is 1.98. The summed E-state index contributed by atoms with van der Waals surface area (Å²) in [6, 6.07) is 6.74. The van der Waals surface area contributed by atoms with E-state index < -0.39 is 0 Å². The Kier molecular flexibility index (Phi) is 5.38. The number of piperidine rings is 1. The Hall–Kier alpha value is -1.98.